The molecule has 1 aliphatic rings. The SMILES string of the molecule is O=c1c(-c2ccccc2)nn(C2OC(CO)C(O)C(O)C2O)c(=S)n1-c1ccccc1. The third-order valence-electron chi connectivity index (χ3n) is 5.17. The molecule has 31 heavy (non-hydrogen) atoms. The van der Waals surface area contributed by atoms with E-state index in [1.807, 2.05) is 0 Å². The molecule has 3 aromatic rings. The van der Waals surface area contributed by atoms with Gasteiger partial charge in [0.1, 0.15) is 24.4 Å². The fourth-order valence-electron chi connectivity index (χ4n) is 3.52. The Kier molecular flexibility index (Phi) is 6.10. The predicted octanol–water partition coefficient (Wildman–Crippen LogP) is 0.403. The summed E-state index contributed by atoms with van der Waals surface area (Å²) in [5, 5.41) is 44.8. The number of aliphatic hydroxyl groups excluding tert-OH is 4. The van der Waals surface area contributed by atoms with Gasteiger partial charge in [-0.3, -0.25) is 9.36 Å². The zero-order chi connectivity index (χ0) is 22.1. The molecule has 4 rings (SSSR count). The topological polar surface area (TPSA) is 130 Å². The zero-order valence-corrected chi connectivity index (χ0v) is 17.0. The summed E-state index contributed by atoms with van der Waals surface area (Å²) in [4.78, 5) is 13.3. The molecule has 0 bridgehead atoms. The molecule has 0 radical (unpaired) electrons. The van der Waals surface area contributed by atoms with Gasteiger partial charge in [-0.2, -0.15) is 5.10 Å². The van der Waals surface area contributed by atoms with Crippen molar-refractivity contribution in [3.8, 4) is 16.9 Å². The Bertz CT molecular complexity index is 1170. The molecule has 0 amide bonds. The number of ether oxygens (including phenoxy) is 1. The van der Waals surface area contributed by atoms with Crippen LogP contribution in [0.1, 0.15) is 6.23 Å². The normalized spacial score (nSPS) is 26.0. The van der Waals surface area contributed by atoms with Crippen molar-refractivity contribution >= 4 is 12.2 Å². The van der Waals surface area contributed by atoms with E-state index < -0.39 is 42.8 Å². The largest absolute Gasteiger partial charge is 0.394 e. The summed E-state index contributed by atoms with van der Waals surface area (Å²) in [5.41, 5.74) is 0.583. The number of benzene rings is 2. The van der Waals surface area contributed by atoms with Crippen molar-refractivity contribution in [3.63, 3.8) is 0 Å². The van der Waals surface area contributed by atoms with Gasteiger partial charge in [0.2, 0.25) is 4.77 Å². The average Bonchev–Trinajstić information content (AvgIpc) is 2.80. The smallest absolute Gasteiger partial charge is 0.285 e. The van der Waals surface area contributed by atoms with Gasteiger partial charge in [0.15, 0.2) is 11.9 Å². The minimum Gasteiger partial charge on any atom is -0.394 e. The van der Waals surface area contributed by atoms with Crippen LogP contribution >= 0.6 is 12.2 Å². The Morgan fingerprint density at radius 2 is 1.55 bits per heavy atom. The van der Waals surface area contributed by atoms with Crippen LogP contribution in [0.25, 0.3) is 16.9 Å². The van der Waals surface area contributed by atoms with Gasteiger partial charge >= 0.3 is 0 Å². The van der Waals surface area contributed by atoms with E-state index in [0.29, 0.717) is 11.3 Å². The number of aliphatic hydroxyl groups is 4. The van der Waals surface area contributed by atoms with Crippen molar-refractivity contribution in [2.75, 3.05) is 6.61 Å². The van der Waals surface area contributed by atoms with Crippen LogP contribution in [0.4, 0.5) is 0 Å². The molecule has 1 aliphatic heterocycles. The second-order valence-corrected chi connectivity index (χ2v) is 7.50. The van der Waals surface area contributed by atoms with Crippen LogP contribution in [0.3, 0.4) is 0 Å². The van der Waals surface area contributed by atoms with E-state index in [9.17, 15) is 25.2 Å². The Morgan fingerprint density at radius 3 is 2.16 bits per heavy atom. The maximum atomic E-state index is 13.3. The summed E-state index contributed by atoms with van der Waals surface area (Å²) < 4.78 is 7.92. The molecule has 4 N–H and O–H groups in total. The van der Waals surface area contributed by atoms with E-state index in [2.05, 4.69) is 5.10 Å². The molecular formula is C21H21N3O6S. The van der Waals surface area contributed by atoms with E-state index >= 15 is 0 Å². The first-order chi connectivity index (χ1) is 14.9. The van der Waals surface area contributed by atoms with Crippen molar-refractivity contribution in [2.24, 2.45) is 0 Å². The lowest BCUT2D eigenvalue weighted by Crippen LogP contribution is -2.57. The van der Waals surface area contributed by atoms with Gasteiger partial charge in [0, 0.05) is 5.56 Å². The Balaban J connectivity index is 1.97. The minimum atomic E-state index is -1.61. The van der Waals surface area contributed by atoms with Crippen LogP contribution in [0.5, 0.6) is 0 Å². The quantitative estimate of drug-likeness (QED) is 0.427. The molecule has 1 saturated heterocycles. The number of hydrogen-bond acceptors (Lipinski definition) is 8. The molecule has 5 atom stereocenters. The van der Waals surface area contributed by atoms with Gasteiger partial charge in [0.05, 0.1) is 12.3 Å². The highest BCUT2D eigenvalue weighted by Crippen LogP contribution is 2.29. The molecular weight excluding hydrogens is 422 g/mol. The van der Waals surface area contributed by atoms with Crippen LogP contribution < -0.4 is 5.56 Å². The van der Waals surface area contributed by atoms with Crippen LogP contribution in [0.2, 0.25) is 0 Å². The number of para-hydroxylation sites is 1. The molecule has 5 unspecified atom stereocenters. The van der Waals surface area contributed by atoms with Crippen molar-refractivity contribution in [3.05, 3.63) is 75.8 Å². The van der Waals surface area contributed by atoms with E-state index in [-0.39, 0.29) is 10.5 Å². The van der Waals surface area contributed by atoms with Gasteiger partial charge in [0.25, 0.3) is 5.56 Å². The minimum absolute atomic E-state index is 0.0509. The molecule has 1 fully saturated rings. The van der Waals surface area contributed by atoms with Crippen molar-refractivity contribution < 1.29 is 25.2 Å². The summed E-state index contributed by atoms with van der Waals surface area (Å²) in [7, 11) is 0. The average molecular weight is 443 g/mol. The first-order valence-electron chi connectivity index (χ1n) is 9.61. The molecule has 2 aromatic carbocycles. The first kappa shape index (κ1) is 21.5. The van der Waals surface area contributed by atoms with Crippen molar-refractivity contribution in [2.45, 2.75) is 30.6 Å². The standard InChI is InChI=1S/C21H21N3O6S/c25-11-14-16(26)17(27)18(28)20(30-14)24-21(31)23(13-9-5-2-6-10-13)19(29)15(22-24)12-7-3-1-4-8-12/h1-10,14,16-18,20,25-28H,11H2. The zero-order valence-electron chi connectivity index (χ0n) is 16.2. The van der Waals surface area contributed by atoms with Gasteiger partial charge in [-0.25, -0.2) is 4.68 Å². The third kappa shape index (κ3) is 3.85. The van der Waals surface area contributed by atoms with E-state index in [1.165, 1.54) is 4.57 Å². The van der Waals surface area contributed by atoms with Gasteiger partial charge in [-0.05, 0) is 24.4 Å². The second kappa shape index (κ2) is 8.79. The fourth-order valence-corrected chi connectivity index (χ4v) is 3.85. The highest BCUT2D eigenvalue weighted by Gasteiger charge is 2.45. The van der Waals surface area contributed by atoms with E-state index in [4.69, 9.17) is 17.0 Å². The summed E-state index contributed by atoms with van der Waals surface area (Å²) in [5.74, 6) is 0. The lowest BCUT2D eigenvalue weighted by Gasteiger charge is -2.40. The molecule has 2 heterocycles. The van der Waals surface area contributed by atoms with Crippen LogP contribution in [-0.2, 0) is 4.74 Å². The molecule has 0 saturated carbocycles. The Hall–Kier alpha value is -2.73. The van der Waals surface area contributed by atoms with Gasteiger partial charge in [-0.15, -0.1) is 0 Å². The molecule has 9 nitrogen and oxygen atoms in total. The Morgan fingerprint density at radius 1 is 0.935 bits per heavy atom. The number of hydrogen-bond donors (Lipinski definition) is 4. The summed E-state index contributed by atoms with van der Waals surface area (Å²) in [6.07, 6.45) is -7.25. The predicted molar refractivity (Wildman–Crippen MR) is 113 cm³/mol. The highest BCUT2D eigenvalue weighted by atomic mass is 32.1. The monoisotopic (exact) mass is 443 g/mol. The van der Waals surface area contributed by atoms with Crippen LogP contribution in [-0.4, -0.2) is 65.8 Å². The molecule has 1 aromatic heterocycles. The maximum Gasteiger partial charge on any atom is 0.285 e. The first-order valence-corrected chi connectivity index (χ1v) is 10.0. The fraction of sp³-hybridized carbons (Fsp3) is 0.286. The van der Waals surface area contributed by atoms with Crippen molar-refractivity contribution in [1.29, 1.82) is 0 Å². The molecule has 0 aliphatic carbocycles. The lowest BCUT2D eigenvalue weighted by molar-refractivity contribution is -0.254. The molecule has 10 heteroatoms. The van der Waals surface area contributed by atoms with E-state index in [0.717, 1.165) is 4.68 Å². The summed E-state index contributed by atoms with van der Waals surface area (Å²) >= 11 is 5.51. The van der Waals surface area contributed by atoms with Gasteiger partial charge < -0.3 is 25.2 Å². The van der Waals surface area contributed by atoms with Crippen LogP contribution in [0.15, 0.2) is 65.5 Å². The number of aromatic nitrogens is 3. The molecule has 0 spiro atoms. The lowest BCUT2D eigenvalue weighted by atomic mass is 9.98. The number of nitrogens with zero attached hydrogens (tertiary/aromatic N) is 3. The second-order valence-electron chi connectivity index (χ2n) is 7.14. The summed E-state index contributed by atoms with van der Waals surface area (Å²) in [6.45, 7) is -0.599. The third-order valence-corrected chi connectivity index (χ3v) is 5.54. The molecule has 162 valence electrons. The van der Waals surface area contributed by atoms with E-state index in [1.54, 1.807) is 60.7 Å². The van der Waals surface area contributed by atoms with Crippen molar-refractivity contribution in [1.82, 2.24) is 14.3 Å². The number of rotatable bonds is 4. The maximum absolute atomic E-state index is 13.3. The highest BCUT2D eigenvalue weighted by molar-refractivity contribution is 7.71. The summed E-state index contributed by atoms with van der Waals surface area (Å²) in [6, 6.07) is 17.4. The van der Waals surface area contributed by atoms with Gasteiger partial charge in [-0.1, -0.05) is 48.5 Å². The van der Waals surface area contributed by atoms with Crippen LogP contribution in [0, 0.1) is 4.77 Å². The Labute approximate surface area is 182 Å².